The number of carbonyl (C=O) groups is 1. The van der Waals surface area contributed by atoms with Crippen LogP contribution in [0.15, 0.2) is 25.3 Å². The summed E-state index contributed by atoms with van der Waals surface area (Å²) in [6.45, 7) is 0.117. The van der Waals surface area contributed by atoms with Gasteiger partial charge in [-0.2, -0.15) is 0 Å². The average molecular weight is 691 g/mol. The molecule has 0 fully saturated rings. The Kier molecular flexibility index (Phi) is 13.4. The quantitative estimate of drug-likeness (QED) is 0.0459. The first kappa shape index (κ1) is 36.8. The van der Waals surface area contributed by atoms with Crippen molar-refractivity contribution in [3.8, 4) is 0 Å². The zero-order valence-electron chi connectivity index (χ0n) is 24.6. The van der Waals surface area contributed by atoms with Crippen molar-refractivity contribution in [2.45, 2.75) is 37.8 Å². The first-order valence-corrected chi connectivity index (χ1v) is 17.1. The second kappa shape index (κ2) is 16.8. The van der Waals surface area contributed by atoms with Gasteiger partial charge < -0.3 is 59.5 Å². The summed E-state index contributed by atoms with van der Waals surface area (Å²) in [5.74, 6) is 0.0384. The first-order valence-electron chi connectivity index (χ1n) is 13.5. The number of aliphatic hydroxyl groups excluding tert-OH is 1. The molecule has 4 rings (SSSR count). The fraction of sp³-hybridized carbons (Fsp3) is 0.522. The van der Waals surface area contributed by atoms with Crippen molar-refractivity contribution >= 4 is 55.1 Å². The molecule has 254 valence electrons. The second-order valence-electron chi connectivity index (χ2n) is 9.75. The lowest BCUT2D eigenvalue weighted by atomic mass is 10.1. The van der Waals surface area contributed by atoms with Crippen LogP contribution in [0.2, 0.25) is 0 Å². The number of hydrogen-bond donors (Lipinski definition) is 7. The maximum atomic E-state index is 11.6. The number of aliphatic hydroxyl groups is 1. The Balaban J connectivity index is 0.000000251. The number of nitrogens with zero attached hydrogens (tertiary/aromatic N) is 8. The standard InChI is InChI=1S/C12H18N5O6P.C11H18N5O5P/c1-22-9(18)4-8(2-3-23-7-24(19,20)21)17-6-16-10-11(13)14-5-15-12(10)17;12-10-9-11(14-5-13-10)16(6-15-9)8(1-3-17)2-4-21-7-22(18,19)20/h5-6,8H,2-4,7H2,1H3,(H2,13,14,15)(H2,19,20,21);5-6,8,17H,1-4,7H2,(H2,12,13,14)(H2,18,19,20). The molecule has 0 aromatic carbocycles. The SMILES string of the molecule is COC(=O)CC(CCOCP(=O)(O)O)n1cnc2c(N)ncnc21.Nc1ncnc2c1ncn2C(CCO)CCOCP(=O)(O)O. The number of ether oxygens (including phenoxy) is 3. The number of aromatic nitrogens is 8. The van der Waals surface area contributed by atoms with Gasteiger partial charge in [0, 0.05) is 31.9 Å². The first-order chi connectivity index (χ1) is 21.7. The minimum absolute atomic E-state index is 0.0190. The van der Waals surface area contributed by atoms with Crippen LogP contribution < -0.4 is 11.5 Å². The number of methoxy groups -OCH3 is 1. The smallest absolute Gasteiger partial charge is 0.350 e. The lowest BCUT2D eigenvalue weighted by molar-refractivity contribution is -0.141. The summed E-state index contributed by atoms with van der Waals surface area (Å²) >= 11 is 0. The number of fused-ring (bicyclic) bond motifs is 2. The maximum Gasteiger partial charge on any atom is 0.350 e. The van der Waals surface area contributed by atoms with Crippen molar-refractivity contribution in [1.29, 1.82) is 0 Å². The molecule has 9 N–H and O–H groups in total. The number of nitrogen functional groups attached to an aromatic ring is 2. The third-order valence-electron chi connectivity index (χ3n) is 6.36. The maximum absolute atomic E-state index is 11.6. The number of imidazole rings is 2. The van der Waals surface area contributed by atoms with E-state index in [4.69, 9.17) is 40.5 Å². The second-order valence-corrected chi connectivity index (χ2v) is 12.9. The van der Waals surface area contributed by atoms with Crippen LogP contribution in [-0.2, 0) is 28.1 Å². The molecule has 4 aromatic rings. The van der Waals surface area contributed by atoms with E-state index < -0.39 is 39.9 Å². The molecule has 0 amide bonds. The number of carbonyl (C=O) groups excluding carboxylic acids is 1. The molecule has 4 heterocycles. The summed E-state index contributed by atoms with van der Waals surface area (Å²) in [4.78, 5) is 70.9. The molecular weight excluding hydrogens is 654 g/mol. The number of hydrogen-bond acceptors (Lipinski definition) is 15. The number of rotatable bonds is 16. The van der Waals surface area contributed by atoms with Crippen LogP contribution in [-0.4, -0.2) is 109 Å². The van der Waals surface area contributed by atoms with E-state index in [0.717, 1.165) is 0 Å². The number of anilines is 2. The van der Waals surface area contributed by atoms with Crippen molar-refractivity contribution in [2.24, 2.45) is 0 Å². The van der Waals surface area contributed by atoms with Gasteiger partial charge in [0.2, 0.25) is 0 Å². The van der Waals surface area contributed by atoms with Crippen LogP contribution in [0.5, 0.6) is 0 Å². The lowest BCUT2D eigenvalue weighted by Crippen LogP contribution is -2.17. The molecule has 0 aliphatic carbocycles. The number of nitrogens with two attached hydrogens (primary N) is 2. The Hall–Kier alpha value is -3.65. The molecular formula is C23H36N10O11P2. The predicted octanol–water partition coefficient (Wildman–Crippen LogP) is -0.0715. The molecule has 0 bridgehead atoms. The molecule has 0 aliphatic rings. The molecule has 4 aromatic heterocycles. The van der Waals surface area contributed by atoms with Crippen molar-refractivity contribution < 1.29 is 52.8 Å². The molecule has 0 saturated carbocycles. The van der Waals surface area contributed by atoms with Gasteiger partial charge in [0.15, 0.2) is 22.9 Å². The number of esters is 1. The summed E-state index contributed by atoms with van der Waals surface area (Å²) in [6, 6.07) is -0.602. The molecule has 0 radical (unpaired) electrons. The third-order valence-corrected chi connectivity index (χ3v) is 7.40. The Morgan fingerprint density at radius 2 is 1.24 bits per heavy atom. The van der Waals surface area contributed by atoms with E-state index in [0.29, 0.717) is 41.6 Å². The lowest BCUT2D eigenvalue weighted by Gasteiger charge is -2.18. The highest BCUT2D eigenvalue weighted by Crippen LogP contribution is 2.35. The van der Waals surface area contributed by atoms with Crippen molar-refractivity contribution in [3.05, 3.63) is 25.3 Å². The van der Waals surface area contributed by atoms with Gasteiger partial charge in [0.25, 0.3) is 0 Å². The minimum atomic E-state index is -4.23. The fourth-order valence-electron chi connectivity index (χ4n) is 4.27. The van der Waals surface area contributed by atoms with E-state index in [1.165, 1.54) is 26.1 Å². The average Bonchev–Trinajstić information content (AvgIpc) is 3.62. The van der Waals surface area contributed by atoms with Gasteiger partial charge >= 0.3 is 21.2 Å². The van der Waals surface area contributed by atoms with E-state index in [1.807, 2.05) is 0 Å². The van der Waals surface area contributed by atoms with Gasteiger partial charge in [-0.25, -0.2) is 29.9 Å². The summed E-state index contributed by atoms with van der Waals surface area (Å²) in [5, 5.41) is 9.19. The molecule has 46 heavy (non-hydrogen) atoms. The predicted molar refractivity (Wildman–Crippen MR) is 161 cm³/mol. The Labute approximate surface area is 261 Å². The Morgan fingerprint density at radius 1 is 0.783 bits per heavy atom. The molecule has 0 saturated heterocycles. The summed E-state index contributed by atoms with van der Waals surface area (Å²) in [6.07, 6.45) is 5.52. The topological polar surface area (TPSA) is 319 Å². The van der Waals surface area contributed by atoms with Crippen LogP contribution in [0.4, 0.5) is 11.6 Å². The largest absolute Gasteiger partial charge is 0.469 e. The normalized spacial score (nSPS) is 13.3. The molecule has 2 unspecified atom stereocenters. The Bertz CT molecular complexity index is 1680. The zero-order valence-corrected chi connectivity index (χ0v) is 26.4. The third kappa shape index (κ3) is 11.0. The monoisotopic (exact) mass is 690 g/mol. The van der Waals surface area contributed by atoms with Gasteiger partial charge in [-0.1, -0.05) is 0 Å². The van der Waals surface area contributed by atoms with Gasteiger partial charge in [-0.05, 0) is 19.3 Å². The molecule has 21 nitrogen and oxygen atoms in total. The van der Waals surface area contributed by atoms with Crippen LogP contribution in [0.25, 0.3) is 22.3 Å². The zero-order chi connectivity index (χ0) is 33.9. The van der Waals surface area contributed by atoms with E-state index in [-0.39, 0.29) is 43.9 Å². The van der Waals surface area contributed by atoms with Crippen LogP contribution in [0, 0.1) is 0 Å². The van der Waals surface area contributed by atoms with Gasteiger partial charge in [-0.15, -0.1) is 0 Å². The molecule has 0 aliphatic heterocycles. The molecule has 23 heteroatoms. The van der Waals surface area contributed by atoms with Crippen molar-refractivity contribution in [1.82, 2.24) is 39.0 Å². The summed E-state index contributed by atoms with van der Waals surface area (Å²) < 4.78 is 39.5. The van der Waals surface area contributed by atoms with E-state index >= 15 is 0 Å². The van der Waals surface area contributed by atoms with Crippen LogP contribution in [0.3, 0.4) is 0 Å². The van der Waals surface area contributed by atoms with Crippen molar-refractivity contribution in [2.75, 3.05) is 51.1 Å². The fourth-order valence-corrected chi connectivity index (χ4v) is 5.00. The summed E-state index contributed by atoms with van der Waals surface area (Å²) in [7, 11) is -7.14. The van der Waals surface area contributed by atoms with Gasteiger partial charge in [0.1, 0.15) is 36.4 Å². The van der Waals surface area contributed by atoms with Gasteiger partial charge in [0.05, 0.1) is 26.2 Å². The minimum Gasteiger partial charge on any atom is -0.469 e. The highest BCUT2D eigenvalue weighted by molar-refractivity contribution is 7.51. The van der Waals surface area contributed by atoms with E-state index in [9.17, 15) is 19.0 Å². The van der Waals surface area contributed by atoms with E-state index in [2.05, 4.69) is 34.6 Å². The Morgan fingerprint density at radius 3 is 1.67 bits per heavy atom. The van der Waals surface area contributed by atoms with Crippen molar-refractivity contribution in [3.63, 3.8) is 0 Å². The van der Waals surface area contributed by atoms with E-state index in [1.54, 1.807) is 15.5 Å². The molecule has 2 atom stereocenters. The van der Waals surface area contributed by atoms with Crippen LogP contribution in [0.1, 0.15) is 37.8 Å². The highest BCUT2D eigenvalue weighted by atomic mass is 31.2. The van der Waals surface area contributed by atoms with Crippen LogP contribution >= 0.6 is 15.2 Å². The highest BCUT2D eigenvalue weighted by Gasteiger charge is 2.22. The summed E-state index contributed by atoms with van der Waals surface area (Å²) in [5.41, 5.74) is 13.3. The molecule has 0 spiro atoms. The van der Waals surface area contributed by atoms with Gasteiger partial charge in [-0.3, -0.25) is 13.9 Å².